The van der Waals surface area contributed by atoms with Gasteiger partial charge in [0.2, 0.25) is 0 Å². The maximum Gasteiger partial charge on any atom is 0.0340 e. The van der Waals surface area contributed by atoms with Gasteiger partial charge in [-0.05, 0) is 30.3 Å². The van der Waals surface area contributed by atoms with E-state index in [1.54, 1.807) is 0 Å². The molecule has 0 aromatic heterocycles. The van der Waals surface area contributed by atoms with Crippen LogP contribution in [0.1, 0.15) is 19.8 Å². The largest absolute Gasteiger partial charge is 0.161 e. The standard InChI is InChI=1S/C12H22S5/c1-10(5-14-7-12-9-16-17-12)3-2-4-13-6-11-8-15-11/h10-12H,2-9H2,1H3. The van der Waals surface area contributed by atoms with E-state index in [2.05, 4.69) is 53.0 Å². The summed E-state index contributed by atoms with van der Waals surface area (Å²) in [5.74, 6) is 9.31. The fourth-order valence-electron chi connectivity index (χ4n) is 1.64. The molecule has 0 bridgehead atoms. The van der Waals surface area contributed by atoms with Gasteiger partial charge in [0.15, 0.2) is 0 Å². The maximum atomic E-state index is 2.43. The molecule has 0 aliphatic carbocycles. The first kappa shape index (κ1) is 15.1. The van der Waals surface area contributed by atoms with Crippen LogP contribution in [-0.4, -0.2) is 45.0 Å². The summed E-state index contributed by atoms with van der Waals surface area (Å²) in [5, 5.41) is 1.98. The summed E-state index contributed by atoms with van der Waals surface area (Å²) >= 11 is 6.48. The molecule has 17 heavy (non-hydrogen) atoms. The molecule has 5 heteroatoms. The molecule has 0 amide bonds. The first-order valence-corrected chi connectivity index (χ1v) is 12.1. The van der Waals surface area contributed by atoms with Gasteiger partial charge in [-0.3, -0.25) is 0 Å². The van der Waals surface area contributed by atoms with E-state index in [1.807, 2.05) is 10.8 Å². The van der Waals surface area contributed by atoms with Crippen LogP contribution in [0.3, 0.4) is 0 Å². The van der Waals surface area contributed by atoms with E-state index in [-0.39, 0.29) is 0 Å². The van der Waals surface area contributed by atoms with Crippen LogP contribution in [0.15, 0.2) is 0 Å². The van der Waals surface area contributed by atoms with E-state index in [0.29, 0.717) is 0 Å². The Morgan fingerprint density at radius 1 is 1.18 bits per heavy atom. The summed E-state index contributed by atoms with van der Waals surface area (Å²) in [4.78, 5) is 0. The summed E-state index contributed by atoms with van der Waals surface area (Å²) < 4.78 is 0. The molecule has 3 atom stereocenters. The Hall–Kier alpha value is 1.75. The molecule has 0 aromatic rings. The Balaban J connectivity index is 1.33. The topological polar surface area (TPSA) is 0 Å². The van der Waals surface area contributed by atoms with Gasteiger partial charge in [-0.1, -0.05) is 28.5 Å². The molecule has 2 aliphatic rings. The van der Waals surface area contributed by atoms with Crippen LogP contribution >= 0.6 is 56.9 Å². The highest BCUT2D eigenvalue weighted by molar-refractivity contribution is 8.79. The fraction of sp³-hybridized carbons (Fsp3) is 1.00. The van der Waals surface area contributed by atoms with Crippen molar-refractivity contribution in [3.63, 3.8) is 0 Å². The Morgan fingerprint density at radius 2 is 1.94 bits per heavy atom. The summed E-state index contributed by atoms with van der Waals surface area (Å²) in [5.41, 5.74) is 0. The number of rotatable bonds is 10. The third-order valence-electron chi connectivity index (χ3n) is 2.86. The van der Waals surface area contributed by atoms with Gasteiger partial charge in [0.05, 0.1) is 0 Å². The van der Waals surface area contributed by atoms with Gasteiger partial charge < -0.3 is 0 Å². The molecule has 0 spiro atoms. The van der Waals surface area contributed by atoms with E-state index in [4.69, 9.17) is 0 Å². The summed E-state index contributed by atoms with van der Waals surface area (Å²) in [6.07, 6.45) is 2.86. The highest BCUT2D eigenvalue weighted by atomic mass is 33.1. The first-order chi connectivity index (χ1) is 8.34. The van der Waals surface area contributed by atoms with E-state index in [0.717, 1.165) is 16.4 Å². The van der Waals surface area contributed by atoms with E-state index >= 15 is 0 Å². The lowest BCUT2D eigenvalue weighted by atomic mass is 10.1. The zero-order valence-electron chi connectivity index (χ0n) is 10.4. The molecule has 0 aromatic carbocycles. The Bertz CT molecular complexity index is 203. The van der Waals surface area contributed by atoms with Crippen molar-refractivity contribution in [1.82, 2.24) is 0 Å². The number of hydrogen-bond acceptors (Lipinski definition) is 5. The van der Waals surface area contributed by atoms with Gasteiger partial charge in [0, 0.05) is 33.5 Å². The van der Waals surface area contributed by atoms with Gasteiger partial charge >= 0.3 is 0 Å². The van der Waals surface area contributed by atoms with Crippen LogP contribution in [0.25, 0.3) is 0 Å². The molecule has 2 aliphatic heterocycles. The highest BCUT2D eigenvalue weighted by Gasteiger charge is 2.21. The minimum atomic E-state index is 0.925. The lowest BCUT2D eigenvalue weighted by Crippen LogP contribution is -2.16. The van der Waals surface area contributed by atoms with E-state index in [9.17, 15) is 0 Å². The Kier molecular flexibility index (Phi) is 7.87. The molecule has 0 N–H and O–H groups in total. The molecule has 3 unspecified atom stereocenters. The number of thioether (sulfide) groups is 3. The second-order valence-corrected chi connectivity index (χ2v) is 11.1. The van der Waals surface area contributed by atoms with Crippen LogP contribution < -0.4 is 0 Å². The molecule has 2 saturated heterocycles. The highest BCUT2D eigenvalue weighted by Crippen LogP contribution is 2.42. The molecule has 2 rings (SSSR count). The second kappa shape index (κ2) is 8.83. The van der Waals surface area contributed by atoms with Crippen LogP contribution in [0, 0.1) is 5.92 Å². The lowest BCUT2D eigenvalue weighted by Gasteiger charge is -2.23. The van der Waals surface area contributed by atoms with Crippen molar-refractivity contribution in [2.45, 2.75) is 30.3 Å². The SMILES string of the molecule is CC(CCCSCC1CS1)CSCC1CSS1. The first-order valence-electron chi connectivity index (χ1n) is 6.40. The molecule has 0 saturated carbocycles. The van der Waals surface area contributed by atoms with Gasteiger partial charge in [-0.25, -0.2) is 0 Å². The normalized spacial score (nSPS) is 28.8. The average molecular weight is 327 g/mol. The fourth-order valence-corrected chi connectivity index (χ4v) is 7.31. The molecule has 2 fully saturated rings. The summed E-state index contributed by atoms with van der Waals surface area (Å²) in [6.45, 7) is 2.43. The van der Waals surface area contributed by atoms with E-state index in [1.165, 1.54) is 47.4 Å². The van der Waals surface area contributed by atoms with Crippen molar-refractivity contribution in [2.24, 2.45) is 5.92 Å². The van der Waals surface area contributed by atoms with Crippen molar-refractivity contribution < 1.29 is 0 Å². The monoisotopic (exact) mass is 326 g/mol. The van der Waals surface area contributed by atoms with Crippen molar-refractivity contribution in [2.75, 3.05) is 34.5 Å². The molecule has 0 radical (unpaired) electrons. The molecule has 2 heterocycles. The quantitative estimate of drug-likeness (QED) is 0.322. The van der Waals surface area contributed by atoms with E-state index < -0.39 is 0 Å². The number of hydrogen-bond donors (Lipinski definition) is 0. The van der Waals surface area contributed by atoms with Gasteiger partial charge in [-0.2, -0.15) is 35.3 Å². The van der Waals surface area contributed by atoms with Crippen molar-refractivity contribution >= 4 is 56.9 Å². The van der Waals surface area contributed by atoms with Gasteiger partial charge in [-0.15, -0.1) is 0 Å². The third kappa shape index (κ3) is 7.19. The third-order valence-corrected chi connectivity index (χ3v) is 10.0. The summed E-state index contributed by atoms with van der Waals surface area (Å²) in [7, 11) is 4.11. The Morgan fingerprint density at radius 3 is 2.59 bits per heavy atom. The van der Waals surface area contributed by atoms with Crippen molar-refractivity contribution in [1.29, 1.82) is 0 Å². The van der Waals surface area contributed by atoms with Crippen molar-refractivity contribution in [3.8, 4) is 0 Å². The minimum absolute atomic E-state index is 0.925. The van der Waals surface area contributed by atoms with Gasteiger partial charge in [0.25, 0.3) is 0 Å². The lowest BCUT2D eigenvalue weighted by molar-refractivity contribution is 0.588. The maximum absolute atomic E-state index is 2.43. The van der Waals surface area contributed by atoms with Crippen LogP contribution in [0.4, 0.5) is 0 Å². The molecular weight excluding hydrogens is 304 g/mol. The minimum Gasteiger partial charge on any atom is -0.161 e. The predicted molar refractivity (Wildman–Crippen MR) is 93.1 cm³/mol. The Labute approximate surface area is 127 Å². The average Bonchev–Trinajstić information content (AvgIpc) is 3.05. The molecule has 0 nitrogen and oxygen atoms in total. The van der Waals surface area contributed by atoms with Crippen LogP contribution in [0.2, 0.25) is 0 Å². The molecule has 100 valence electrons. The zero-order chi connectivity index (χ0) is 11.9. The van der Waals surface area contributed by atoms with Gasteiger partial charge in [0.1, 0.15) is 0 Å². The molecular formula is C12H22S5. The van der Waals surface area contributed by atoms with Crippen molar-refractivity contribution in [3.05, 3.63) is 0 Å². The summed E-state index contributed by atoms with van der Waals surface area (Å²) in [6, 6.07) is 0. The van der Waals surface area contributed by atoms with Crippen LogP contribution in [-0.2, 0) is 0 Å². The second-order valence-electron chi connectivity index (χ2n) is 4.82. The smallest absolute Gasteiger partial charge is 0.0340 e. The zero-order valence-corrected chi connectivity index (χ0v) is 14.5. The predicted octanol–water partition coefficient (Wildman–Crippen LogP) is 4.75. The van der Waals surface area contributed by atoms with Crippen LogP contribution in [0.5, 0.6) is 0 Å².